The van der Waals surface area contributed by atoms with Gasteiger partial charge in [0.15, 0.2) is 0 Å². The van der Waals surface area contributed by atoms with Gasteiger partial charge in [0.1, 0.15) is 11.7 Å². The molecule has 2 nitrogen and oxygen atoms in total. The van der Waals surface area contributed by atoms with Gasteiger partial charge in [0.2, 0.25) is 0 Å². The van der Waals surface area contributed by atoms with Crippen molar-refractivity contribution < 1.29 is 9.84 Å². The molecule has 1 aliphatic rings. The van der Waals surface area contributed by atoms with Crippen molar-refractivity contribution in [3.05, 3.63) is 12.3 Å². The van der Waals surface area contributed by atoms with E-state index in [-0.39, 0.29) is 0 Å². The molecule has 1 N–H and O–H groups in total. The van der Waals surface area contributed by atoms with Crippen molar-refractivity contribution in [2.45, 2.75) is 25.6 Å². The molecule has 1 atom stereocenters. The van der Waals surface area contributed by atoms with E-state index in [9.17, 15) is 0 Å². The molecule has 1 aliphatic heterocycles. The van der Waals surface area contributed by atoms with E-state index in [0.717, 1.165) is 0 Å². The van der Waals surface area contributed by atoms with Crippen LogP contribution in [-0.2, 0) is 4.74 Å². The van der Waals surface area contributed by atoms with Crippen LogP contribution in [0.15, 0.2) is 12.3 Å². The fraction of sp³-hybridized carbons (Fsp3) is 0.667. The smallest absolute Gasteiger partial charge is 0.132 e. The highest BCUT2D eigenvalue weighted by molar-refractivity contribution is 5.01. The van der Waals surface area contributed by atoms with E-state index in [4.69, 9.17) is 9.84 Å². The largest absolute Gasteiger partial charge is 0.493 e. The zero-order valence-electron chi connectivity index (χ0n) is 5.09. The quantitative estimate of drug-likeness (QED) is 0.501. The molecule has 2 heteroatoms. The number of hydrogen-bond acceptors (Lipinski definition) is 2. The zero-order chi connectivity index (χ0) is 6.20. The minimum atomic E-state index is -0.442. The van der Waals surface area contributed by atoms with E-state index in [1.807, 2.05) is 13.8 Å². The van der Waals surface area contributed by atoms with Gasteiger partial charge in [-0.1, -0.05) is 0 Å². The molecule has 0 aliphatic carbocycles. The van der Waals surface area contributed by atoms with Gasteiger partial charge in [0.05, 0.1) is 6.26 Å². The average Bonchev–Trinajstić information content (AvgIpc) is 1.86. The van der Waals surface area contributed by atoms with Gasteiger partial charge in [0.25, 0.3) is 0 Å². The summed E-state index contributed by atoms with van der Waals surface area (Å²) in [5.41, 5.74) is -0.403. The standard InChI is InChI=1S/C6H10O2/c1-6(2)5(7)3-4-8-6/h3-5,7H,1-2H3/t5-/m1/s1. The van der Waals surface area contributed by atoms with Crippen molar-refractivity contribution in [3.8, 4) is 0 Å². The highest BCUT2D eigenvalue weighted by atomic mass is 16.5. The lowest BCUT2D eigenvalue weighted by Gasteiger charge is -2.21. The van der Waals surface area contributed by atoms with Crippen molar-refractivity contribution >= 4 is 0 Å². The van der Waals surface area contributed by atoms with Gasteiger partial charge in [-0.05, 0) is 19.9 Å². The molecule has 1 heterocycles. The van der Waals surface area contributed by atoms with E-state index in [1.54, 1.807) is 6.08 Å². The van der Waals surface area contributed by atoms with Crippen LogP contribution in [0.2, 0.25) is 0 Å². The Labute approximate surface area is 48.8 Å². The van der Waals surface area contributed by atoms with E-state index in [2.05, 4.69) is 0 Å². The monoisotopic (exact) mass is 114 g/mol. The molecule has 0 amide bonds. The van der Waals surface area contributed by atoms with E-state index < -0.39 is 11.7 Å². The molecule has 8 heavy (non-hydrogen) atoms. The van der Waals surface area contributed by atoms with Gasteiger partial charge in [-0.15, -0.1) is 0 Å². The molecule has 0 radical (unpaired) electrons. The van der Waals surface area contributed by atoms with Crippen LogP contribution < -0.4 is 0 Å². The summed E-state index contributed by atoms with van der Waals surface area (Å²) in [5, 5.41) is 9.05. The van der Waals surface area contributed by atoms with Crippen molar-refractivity contribution in [1.29, 1.82) is 0 Å². The Morgan fingerprint density at radius 3 is 2.38 bits per heavy atom. The van der Waals surface area contributed by atoms with Gasteiger partial charge in [-0.25, -0.2) is 0 Å². The maximum absolute atomic E-state index is 9.05. The molecule has 0 fully saturated rings. The van der Waals surface area contributed by atoms with Gasteiger partial charge in [-0.3, -0.25) is 0 Å². The normalized spacial score (nSPS) is 32.6. The van der Waals surface area contributed by atoms with E-state index in [1.165, 1.54) is 6.26 Å². The number of aliphatic hydroxyl groups is 1. The van der Waals surface area contributed by atoms with Crippen LogP contribution in [0.1, 0.15) is 13.8 Å². The maximum Gasteiger partial charge on any atom is 0.132 e. The van der Waals surface area contributed by atoms with Crippen molar-refractivity contribution in [3.63, 3.8) is 0 Å². The fourth-order valence-corrected chi connectivity index (χ4v) is 0.591. The summed E-state index contributed by atoms with van der Waals surface area (Å²) in [5.74, 6) is 0. The van der Waals surface area contributed by atoms with Crippen molar-refractivity contribution in [2.75, 3.05) is 0 Å². The van der Waals surface area contributed by atoms with Gasteiger partial charge in [0, 0.05) is 0 Å². The Morgan fingerprint density at radius 1 is 1.62 bits per heavy atom. The Balaban J connectivity index is 2.64. The molecule has 0 aromatic rings. The molecule has 0 saturated carbocycles. The van der Waals surface area contributed by atoms with Gasteiger partial charge < -0.3 is 9.84 Å². The lowest BCUT2D eigenvalue weighted by atomic mass is 10.0. The molecular formula is C6H10O2. The summed E-state index contributed by atoms with van der Waals surface area (Å²) in [4.78, 5) is 0. The third-order valence-corrected chi connectivity index (χ3v) is 1.34. The Morgan fingerprint density at radius 2 is 2.25 bits per heavy atom. The molecule has 0 spiro atoms. The van der Waals surface area contributed by atoms with Crippen LogP contribution in [0.3, 0.4) is 0 Å². The van der Waals surface area contributed by atoms with Gasteiger partial charge in [-0.2, -0.15) is 0 Å². The van der Waals surface area contributed by atoms with Crippen molar-refractivity contribution in [2.24, 2.45) is 0 Å². The summed E-state index contributed by atoms with van der Waals surface area (Å²) in [7, 11) is 0. The number of hydrogen-bond donors (Lipinski definition) is 1. The predicted molar refractivity (Wildman–Crippen MR) is 30.3 cm³/mol. The van der Waals surface area contributed by atoms with Crippen molar-refractivity contribution in [1.82, 2.24) is 0 Å². The summed E-state index contributed by atoms with van der Waals surface area (Å²) in [6.07, 6.45) is 2.73. The second kappa shape index (κ2) is 1.49. The maximum atomic E-state index is 9.05. The van der Waals surface area contributed by atoms with Crippen LogP contribution in [0.25, 0.3) is 0 Å². The second-order valence-electron chi connectivity index (χ2n) is 2.49. The summed E-state index contributed by atoms with van der Waals surface area (Å²) < 4.78 is 5.02. The summed E-state index contributed by atoms with van der Waals surface area (Å²) >= 11 is 0. The molecule has 0 saturated heterocycles. The molecular weight excluding hydrogens is 104 g/mol. The molecule has 0 unspecified atom stereocenters. The zero-order valence-corrected chi connectivity index (χ0v) is 5.09. The Kier molecular flexibility index (Phi) is 1.05. The minimum absolute atomic E-state index is 0.403. The first-order valence-electron chi connectivity index (χ1n) is 2.65. The van der Waals surface area contributed by atoms with E-state index >= 15 is 0 Å². The summed E-state index contributed by atoms with van der Waals surface area (Å²) in [6, 6.07) is 0. The lowest BCUT2D eigenvalue weighted by Crippen LogP contribution is -2.31. The number of rotatable bonds is 0. The average molecular weight is 114 g/mol. The van der Waals surface area contributed by atoms with Gasteiger partial charge >= 0.3 is 0 Å². The third kappa shape index (κ3) is 0.713. The second-order valence-corrected chi connectivity index (χ2v) is 2.49. The lowest BCUT2D eigenvalue weighted by molar-refractivity contribution is -0.00828. The molecule has 0 bridgehead atoms. The fourth-order valence-electron chi connectivity index (χ4n) is 0.591. The Bertz CT molecular complexity index is 116. The highest BCUT2D eigenvalue weighted by Crippen LogP contribution is 2.21. The predicted octanol–water partition coefficient (Wildman–Crippen LogP) is 0.670. The number of aliphatic hydroxyl groups excluding tert-OH is 1. The van der Waals surface area contributed by atoms with Crippen LogP contribution in [0.5, 0.6) is 0 Å². The van der Waals surface area contributed by atoms with Crippen LogP contribution in [0.4, 0.5) is 0 Å². The topological polar surface area (TPSA) is 29.5 Å². The molecule has 0 aromatic carbocycles. The highest BCUT2D eigenvalue weighted by Gasteiger charge is 2.30. The summed E-state index contributed by atoms with van der Waals surface area (Å²) in [6.45, 7) is 3.69. The first kappa shape index (κ1) is 5.63. The van der Waals surface area contributed by atoms with E-state index in [0.29, 0.717) is 0 Å². The Hall–Kier alpha value is -0.500. The third-order valence-electron chi connectivity index (χ3n) is 1.34. The van der Waals surface area contributed by atoms with Crippen LogP contribution >= 0.6 is 0 Å². The number of ether oxygens (including phenoxy) is 1. The molecule has 46 valence electrons. The SMILES string of the molecule is CC1(C)OC=C[C@H]1O. The van der Waals surface area contributed by atoms with Crippen LogP contribution in [0, 0.1) is 0 Å². The minimum Gasteiger partial charge on any atom is -0.493 e. The molecule has 1 rings (SSSR count). The van der Waals surface area contributed by atoms with Crippen LogP contribution in [-0.4, -0.2) is 16.8 Å². The molecule has 0 aromatic heterocycles. The first-order chi connectivity index (χ1) is 3.63. The first-order valence-corrected chi connectivity index (χ1v) is 2.65.